The van der Waals surface area contributed by atoms with E-state index < -0.39 is 28.1 Å². The number of halogens is 1. The van der Waals surface area contributed by atoms with Crippen LogP contribution in [0, 0.1) is 25.5 Å². The van der Waals surface area contributed by atoms with Gasteiger partial charge >= 0.3 is 0 Å². The number of benzene rings is 4. The molecule has 1 aliphatic heterocycles. The largest absolute Gasteiger partial charge is 0.376 e. The van der Waals surface area contributed by atoms with Gasteiger partial charge < -0.3 is 5.32 Å². The van der Waals surface area contributed by atoms with E-state index in [1.54, 1.807) is 6.21 Å². The molecule has 11 heteroatoms. The molecule has 3 aliphatic carbocycles. The molecule has 4 aromatic carbocycles. The Kier molecular flexibility index (Phi) is 6.76. The predicted molar refractivity (Wildman–Crippen MR) is 172 cm³/mol. The molecule has 2 atom stereocenters. The van der Waals surface area contributed by atoms with E-state index in [-0.39, 0.29) is 35.7 Å². The van der Waals surface area contributed by atoms with Gasteiger partial charge in [0.05, 0.1) is 34.4 Å². The molecular weight excluding hydrogens is 673 g/mol. The van der Waals surface area contributed by atoms with Gasteiger partial charge in [-0.05, 0) is 81.2 Å². The maximum Gasteiger partial charge on any atom is 0.269 e. The summed E-state index contributed by atoms with van der Waals surface area (Å²) in [7, 11) is 0. The summed E-state index contributed by atoms with van der Waals surface area (Å²) in [5.74, 6) is -3.10. The van der Waals surface area contributed by atoms with Crippen molar-refractivity contribution in [3.8, 4) is 0 Å². The number of imide groups is 1. The first-order valence-electron chi connectivity index (χ1n) is 13.9. The highest BCUT2D eigenvalue weighted by atomic mass is 127. The van der Waals surface area contributed by atoms with E-state index in [9.17, 15) is 24.5 Å². The van der Waals surface area contributed by atoms with Crippen molar-refractivity contribution in [3.63, 3.8) is 0 Å². The van der Waals surface area contributed by atoms with Crippen LogP contribution in [0.25, 0.3) is 0 Å². The highest BCUT2D eigenvalue weighted by molar-refractivity contribution is 14.1. The van der Waals surface area contributed by atoms with Crippen molar-refractivity contribution in [1.82, 2.24) is 5.43 Å². The van der Waals surface area contributed by atoms with Gasteiger partial charge in [0.1, 0.15) is 0 Å². The second-order valence-electron chi connectivity index (χ2n) is 11.0. The molecule has 1 saturated heterocycles. The van der Waals surface area contributed by atoms with Gasteiger partial charge in [-0.25, -0.2) is 10.3 Å². The Morgan fingerprint density at radius 2 is 1.52 bits per heavy atom. The van der Waals surface area contributed by atoms with Crippen LogP contribution < -0.4 is 15.6 Å². The van der Waals surface area contributed by atoms with Gasteiger partial charge in [0.2, 0.25) is 11.8 Å². The molecule has 10 nitrogen and oxygen atoms in total. The third-order valence-electron chi connectivity index (χ3n) is 8.76. The number of nitrogens with zero attached hydrogens (tertiary/aromatic N) is 3. The van der Waals surface area contributed by atoms with Crippen LogP contribution in [0.4, 0.5) is 17.1 Å². The number of nitro groups is 1. The van der Waals surface area contributed by atoms with Crippen molar-refractivity contribution in [2.24, 2.45) is 16.9 Å². The SMILES string of the molecule is O=C(CNc1ccc(I)cc1)N/N=C\C12c3ccccc3C(c3ccccc31)[C@@H]1C(=O)N(c3ccc([N+](=O)[O-])cc3)C(=O)[C@H]12. The summed E-state index contributed by atoms with van der Waals surface area (Å²) in [5, 5.41) is 18.7. The number of nitrogens with one attached hydrogen (secondary N) is 2. The Morgan fingerprint density at radius 1 is 0.909 bits per heavy atom. The van der Waals surface area contributed by atoms with Crippen molar-refractivity contribution in [2.45, 2.75) is 11.3 Å². The van der Waals surface area contributed by atoms with E-state index in [0.717, 1.165) is 36.4 Å². The third kappa shape index (κ3) is 4.21. The van der Waals surface area contributed by atoms with E-state index in [0.29, 0.717) is 0 Å². The summed E-state index contributed by atoms with van der Waals surface area (Å²) in [6.45, 7) is -0.0163. The first kappa shape index (κ1) is 27.9. The van der Waals surface area contributed by atoms with E-state index in [1.807, 2.05) is 72.8 Å². The van der Waals surface area contributed by atoms with Crippen LogP contribution in [0.5, 0.6) is 0 Å². The molecule has 44 heavy (non-hydrogen) atoms. The molecule has 3 amide bonds. The summed E-state index contributed by atoms with van der Waals surface area (Å²) < 4.78 is 1.08. The van der Waals surface area contributed by atoms with Crippen molar-refractivity contribution < 1.29 is 19.3 Å². The number of carbonyl (C=O) groups is 3. The van der Waals surface area contributed by atoms with Crippen molar-refractivity contribution in [1.29, 1.82) is 0 Å². The first-order valence-corrected chi connectivity index (χ1v) is 15.0. The normalized spacial score (nSPS) is 22.8. The summed E-state index contributed by atoms with van der Waals surface area (Å²) >= 11 is 2.21. The predicted octanol–water partition coefficient (Wildman–Crippen LogP) is 4.96. The number of carbonyl (C=O) groups excluding carboxylic acids is 3. The average molecular weight is 697 g/mol. The summed E-state index contributed by atoms with van der Waals surface area (Å²) in [6.07, 6.45) is 1.60. The van der Waals surface area contributed by atoms with Crippen molar-refractivity contribution in [3.05, 3.63) is 133 Å². The van der Waals surface area contributed by atoms with Gasteiger partial charge in [-0.2, -0.15) is 5.10 Å². The molecule has 0 spiro atoms. The van der Waals surface area contributed by atoms with Gasteiger partial charge in [0.15, 0.2) is 0 Å². The Balaban J connectivity index is 1.28. The Labute approximate surface area is 265 Å². The van der Waals surface area contributed by atoms with Gasteiger partial charge in [-0.3, -0.25) is 24.5 Å². The monoisotopic (exact) mass is 697 g/mol. The van der Waals surface area contributed by atoms with Gasteiger partial charge in [0.25, 0.3) is 11.6 Å². The lowest BCUT2D eigenvalue weighted by molar-refractivity contribution is -0.384. The topological polar surface area (TPSA) is 134 Å². The molecule has 4 aromatic rings. The number of hydrazone groups is 1. The quantitative estimate of drug-likeness (QED) is 0.0922. The van der Waals surface area contributed by atoms with Crippen LogP contribution in [0.2, 0.25) is 0 Å². The maximum atomic E-state index is 14.4. The number of nitro benzene ring substituents is 1. The molecule has 1 heterocycles. The van der Waals surface area contributed by atoms with Crippen LogP contribution in [0.3, 0.4) is 0 Å². The lowest BCUT2D eigenvalue weighted by Gasteiger charge is -2.52. The van der Waals surface area contributed by atoms with E-state index in [1.165, 1.54) is 24.3 Å². The lowest BCUT2D eigenvalue weighted by atomic mass is 9.47. The lowest BCUT2D eigenvalue weighted by Crippen LogP contribution is -2.54. The average Bonchev–Trinajstić information content (AvgIpc) is 3.31. The summed E-state index contributed by atoms with van der Waals surface area (Å²) in [5.41, 5.74) is 5.95. The second kappa shape index (κ2) is 10.7. The minimum Gasteiger partial charge on any atom is -0.376 e. The molecule has 0 aromatic heterocycles. The maximum absolute atomic E-state index is 14.4. The number of rotatable bonds is 7. The zero-order valence-corrected chi connectivity index (χ0v) is 25.2. The molecule has 0 saturated carbocycles. The standard InChI is InChI=1S/C33H24IN5O5/c34-19-9-11-20(12-10-19)35-17-27(40)37-36-18-33-25-7-3-1-5-23(25)28(24-6-2-4-8-26(24)33)29-30(33)32(42)38(31(29)41)21-13-15-22(16-14-21)39(43)44/h1-16,18,28-30,35H,17H2,(H,37,40)/b36-18-/t28?,29-,30-,33?/m0/s1. The number of amides is 3. The first-order chi connectivity index (χ1) is 21.3. The summed E-state index contributed by atoms with van der Waals surface area (Å²) in [4.78, 5) is 53.2. The third-order valence-corrected chi connectivity index (χ3v) is 9.48. The second-order valence-corrected chi connectivity index (χ2v) is 12.2. The van der Waals surface area contributed by atoms with Crippen LogP contribution in [0.15, 0.2) is 102 Å². The molecule has 0 unspecified atom stereocenters. The summed E-state index contributed by atoms with van der Waals surface area (Å²) in [6, 6.07) is 28.5. The highest BCUT2D eigenvalue weighted by Crippen LogP contribution is 2.63. The van der Waals surface area contributed by atoms with Crippen LogP contribution in [0.1, 0.15) is 28.2 Å². The van der Waals surface area contributed by atoms with Gasteiger partial charge in [0, 0.05) is 33.5 Å². The molecule has 218 valence electrons. The zero-order valence-electron chi connectivity index (χ0n) is 23.0. The van der Waals surface area contributed by atoms with E-state index in [2.05, 4.69) is 38.4 Å². The number of hydrogen-bond acceptors (Lipinski definition) is 7. The van der Waals surface area contributed by atoms with Gasteiger partial charge in [-0.15, -0.1) is 0 Å². The fourth-order valence-electron chi connectivity index (χ4n) is 7.02. The van der Waals surface area contributed by atoms with Crippen molar-refractivity contribution >= 4 is 63.6 Å². The molecule has 8 rings (SSSR count). The van der Waals surface area contributed by atoms with Crippen LogP contribution in [-0.2, 0) is 19.8 Å². The minimum absolute atomic E-state index is 0.0163. The number of non-ortho nitro benzene ring substituents is 1. The van der Waals surface area contributed by atoms with Crippen LogP contribution >= 0.6 is 22.6 Å². The molecule has 1 fully saturated rings. The highest BCUT2D eigenvalue weighted by Gasteiger charge is 2.68. The minimum atomic E-state index is -1.15. The zero-order chi connectivity index (χ0) is 30.6. The van der Waals surface area contributed by atoms with Gasteiger partial charge in [-0.1, -0.05) is 48.5 Å². The molecule has 2 N–H and O–H groups in total. The number of anilines is 2. The van der Waals surface area contributed by atoms with E-state index >= 15 is 0 Å². The number of hydrogen-bond donors (Lipinski definition) is 2. The smallest absolute Gasteiger partial charge is 0.269 e. The molecule has 0 radical (unpaired) electrons. The Hall–Kier alpha value is -4.91. The van der Waals surface area contributed by atoms with E-state index in [4.69, 9.17) is 0 Å². The fraction of sp³-hybridized carbons (Fsp3) is 0.152. The molecule has 4 aliphatic rings. The molecular formula is C33H24IN5O5. The Bertz CT molecular complexity index is 1830. The van der Waals surface area contributed by atoms with Crippen molar-refractivity contribution in [2.75, 3.05) is 16.8 Å². The van der Waals surface area contributed by atoms with Crippen LogP contribution in [-0.4, -0.2) is 35.4 Å². The Morgan fingerprint density at radius 3 is 2.14 bits per heavy atom. The fourth-order valence-corrected chi connectivity index (χ4v) is 7.38. The molecule has 2 bridgehead atoms.